The van der Waals surface area contributed by atoms with Gasteiger partial charge in [0, 0.05) is 6.20 Å². The van der Waals surface area contributed by atoms with Gasteiger partial charge in [0.2, 0.25) is 0 Å². The number of aromatic nitrogens is 1. The lowest BCUT2D eigenvalue weighted by molar-refractivity contribution is -0.113. The third kappa shape index (κ3) is 3.06. The Morgan fingerprint density at radius 2 is 2.22 bits per heavy atom. The van der Waals surface area contributed by atoms with Gasteiger partial charge in [-0.1, -0.05) is 30.0 Å². The first-order valence-electron chi connectivity index (χ1n) is 6.65. The Bertz CT molecular complexity index is 806. The molecule has 0 saturated carbocycles. The van der Waals surface area contributed by atoms with Crippen LogP contribution >= 0.6 is 24.0 Å². The normalized spacial score (nSPS) is 16.2. The van der Waals surface area contributed by atoms with Gasteiger partial charge in [0.15, 0.2) is 15.8 Å². The molecule has 1 aromatic heterocycles. The number of thioether (sulfide) groups is 1. The molecule has 1 fully saturated rings. The van der Waals surface area contributed by atoms with E-state index in [4.69, 9.17) is 17.0 Å². The number of thiocarbonyl (C=S) groups is 1. The average molecular weight is 344 g/mol. The molecule has 1 N–H and O–H groups in total. The molecule has 0 radical (unpaired) electrons. The number of rotatable bonds is 3. The molecule has 1 amide bonds. The summed E-state index contributed by atoms with van der Waals surface area (Å²) in [4.78, 5) is 18.5. The number of nitrogens with zero attached hydrogens (tertiary/aromatic N) is 2. The maximum Gasteiger partial charge on any atom is 0.270 e. The molecule has 2 aromatic rings. The number of carbonyl (C=O) groups is 1. The maximum atomic E-state index is 12.6. The first-order valence-corrected chi connectivity index (χ1v) is 7.87. The van der Waals surface area contributed by atoms with Crippen LogP contribution in [0.1, 0.15) is 5.56 Å². The molecule has 23 heavy (non-hydrogen) atoms. The van der Waals surface area contributed by atoms with Crippen LogP contribution in [0.15, 0.2) is 47.6 Å². The van der Waals surface area contributed by atoms with Gasteiger partial charge in [-0.3, -0.25) is 14.7 Å². The maximum absolute atomic E-state index is 12.6. The lowest BCUT2D eigenvalue weighted by Gasteiger charge is -2.13. The van der Waals surface area contributed by atoms with Gasteiger partial charge < -0.3 is 9.84 Å². The summed E-state index contributed by atoms with van der Waals surface area (Å²) >= 11 is 6.50. The number of aromatic hydroxyl groups is 1. The van der Waals surface area contributed by atoms with Crippen LogP contribution in [-0.4, -0.2) is 27.4 Å². The molecule has 0 bridgehead atoms. The van der Waals surface area contributed by atoms with Crippen LogP contribution in [0.5, 0.6) is 11.5 Å². The van der Waals surface area contributed by atoms with E-state index < -0.39 is 0 Å². The van der Waals surface area contributed by atoms with Gasteiger partial charge in [0.1, 0.15) is 0 Å². The van der Waals surface area contributed by atoms with E-state index in [0.29, 0.717) is 26.2 Å². The lowest BCUT2D eigenvalue weighted by atomic mass is 10.2. The lowest BCUT2D eigenvalue weighted by Crippen LogP contribution is -2.27. The minimum atomic E-state index is -0.205. The SMILES string of the molecule is COc1ccc(/C=C2/SC(=S)N(c3cccnc3)C2=O)cc1O. The fourth-order valence-corrected chi connectivity index (χ4v) is 3.42. The summed E-state index contributed by atoms with van der Waals surface area (Å²) < 4.78 is 5.46. The molecule has 0 spiro atoms. The Morgan fingerprint density at radius 1 is 1.39 bits per heavy atom. The van der Waals surface area contributed by atoms with Crippen molar-refractivity contribution in [2.75, 3.05) is 12.0 Å². The molecule has 2 heterocycles. The van der Waals surface area contributed by atoms with Crippen molar-refractivity contribution in [2.45, 2.75) is 0 Å². The minimum absolute atomic E-state index is 0.0176. The average Bonchev–Trinajstić information content (AvgIpc) is 2.82. The van der Waals surface area contributed by atoms with Crippen LogP contribution in [0.2, 0.25) is 0 Å². The van der Waals surface area contributed by atoms with E-state index in [1.165, 1.54) is 29.8 Å². The third-order valence-electron chi connectivity index (χ3n) is 3.20. The predicted octanol–water partition coefficient (Wildman–Crippen LogP) is 3.20. The van der Waals surface area contributed by atoms with Crippen LogP contribution in [0.3, 0.4) is 0 Å². The van der Waals surface area contributed by atoms with E-state index in [9.17, 15) is 9.90 Å². The van der Waals surface area contributed by atoms with Crippen molar-refractivity contribution in [3.05, 3.63) is 53.2 Å². The molecule has 0 aliphatic carbocycles. The topological polar surface area (TPSA) is 62.7 Å². The summed E-state index contributed by atoms with van der Waals surface area (Å²) in [5, 5.41) is 9.82. The molecule has 1 aromatic carbocycles. The molecular weight excluding hydrogens is 332 g/mol. The molecule has 0 unspecified atom stereocenters. The highest BCUT2D eigenvalue weighted by Crippen LogP contribution is 2.36. The molecular formula is C16H12N2O3S2. The van der Waals surface area contributed by atoms with Crippen molar-refractivity contribution in [1.29, 1.82) is 0 Å². The third-order valence-corrected chi connectivity index (χ3v) is 4.50. The summed E-state index contributed by atoms with van der Waals surface area (Å²) in [6, 6.07) is 8.46. The second-order valence-electron chi connectivity index (χ2n) is 4.66. The molecule has 1 aliphatic heterocycles. The minimum Gasteiger partial charge on any atom is -0.504 e. The van der Waals surface area contributed by atoms with Gasteiger partial charge in [-0.15, -0.1) is 0 Å². The van der Waals surface area contributed by atoms with E-state index in [0.717, 1.165) is 0 Å². The molecule has 7 heteroatoms. The molecule has 1 saturated heterocycles. The molecule has 0 atom stereocenters. The smallest absolute Gasteiger partial charge is 0.270 e. The van der Waals surface area contributed by atoms with E-state index in [1.54, 1.807) is 42.7 Å². The van der Waals surface area contributed by atoms with Crippen LogP contribution in [0.4, 0.5) is 5.69 Å². The Morgan fingerprint density at radius 3 is 2.87 bits per heavy atom. The number of benzene rings is 1. The quantitative estimate of drug-likeness (QED) is 0.681. The largest absolute Gasteiger partial charge is 0.504 e. The first-order chi connectivity index (χ1) is 11.1. The zero-order valence-corrected chi connectivity index (χ0v) is 13.7. The fourth-order valence-electron chi connectivity index (χ4n) is 2.12. The zero-order chi connectivity index (χ0) is 16.4. The van der Waals surface area contributed by atoms with Crippen molar-refractivity contribution in [1.82, 2.24) is 4.98 Å². The second kappa shape index (κ2) is 6.39. The summed E-state index contributed by atoms with van der Waals surface area (Å²) in [5.74, 6) is 0.192. The Kier molecular flexibility index (Phi) is 4.31. The summed E-state index contributed by atoms with van der Waals surface area (Å²) in [6.45, 7) is 0. The number of anilines is 1. The highest BCUT2D eigenvalue weighted by atomic mass is 32.2. The Hall–Kier alpha value is -2.38. The van der Waals surface area contributed by atoms with E-state index >= 15 is 0 Å². The van der Waals surface area contributed by atoms with Crippen LogP contribution < -0.4 is 9.64 Å². The zero-order valence-electron chi connectivity index (χ0n) is 12.1. The monoisotopic (exact) mass is 344 g/mol. The van der Waals surface area contributed by atoms with Crippen LogP contribution in [-0.2, 0) is 4.79 Å². The number of hydrogen-bond acceptors (Lipinski definition) is 6. The number of pyridine rings is 1. The van der Waals surface area contributed by atoms with Gasteiger partial charge >= 0.3 is 0 Å². The first kappa shape index (κ1) is 15.5. The van der Waals surface area contributed by atoms with Gasteiger partial charge in [0.05, 0.1) is 23.9 Å². The van der Waals surface area contributed by atoms with Crippen molar-refractivity contribution in [2.24, 2.45) is 0 Å². The second-order valence-corrected chi connectivity index (χ2v) is 6.34. The van der Waals surface area contributed by atoms with Gasteiger partial charge in [-0.25, -0.2) is 0 Å². The predicted molar refractivity (Wildman–Crippen MR) is 94.5 cm³/mol. The number of phenolic OH excluding ortho intramolecular Hbond substituents is 1. The van der Waals surface area contributed by atoms with Crippen molar-refractivity contribution >= 4 is 46.0 Å². The van der Waals surface area contributed by atoms with Gasteiger partial charge in [0.25, 0.3) is 5.91 Å². The molecule has 3 rings (SSSR count). The van der Waals surface area contributed by atoms with Gasteiger partial charge in [-0.05, 0) is 35.9 Å². The van der Waals surface area contributed by atoms with E-state index in [-0.39, 0.29) is 11.7 Å². The summed E-state index contributed by atoms with van der Waals surface area (Å²) in [5.41, 5.74) is 1.32. The summed E-state index contributed by atoms with van der Waals surface area (Å²) in [6.07, 6.45) is 4.92. The molecule has 5 nitrogen and oxygen atoms in total. The van der Waals surface area contributed by atoms with Crippen LogP contribution in [0, 0.1) is 0 Å². The number of phenols is 1. The fraction of sp³-hybridized carbons (Fsp3) is 0.0625. The van der Waals surface area contributed by atoms with Crippen LogP contribution in [0.25, 0.3) is 6.08 Å². The van der Waals surface area contributed by atoms with E-state index in [2.05, 4.69) is 4.98 Å². The highest BCUT2D eigenvalue weighted by Gasteiger charge is 2.33. The van der Waals surface area contributed by atoms with Crippen molar-refractivity contribution in [3.8, 4) is 11.5 Å². The number of carbonyl (C=O) groups excluding carboxylic acids is 1. The standard InChI is InChI=1S/C16H12N2O3S2/c1-21-13-5-4-10(7-12(13)19)8-14-15(20)18(16(22)23-14)11-3-2-6-17-9-11/h2-9,19H,1H3/b14-8+. The Labute approximate surface area is 142 Å². The summed E-state index contributed by atoms with van der Waals surface area (Å²) in [7, 11) is 1.48. The van der Waals surface area contributed by atoms with Crippen molar-refractivity contribution < 1.29 is 14.6 Å². The number of amides is 1. The number of ether oxygens (including phenoxy) is 1. The number of methoxy groups -OCH3 is 1. The molecule has 116 valence electrons. The Balaban J connectivity index is 1.91. The highest BCUT2D eigenvalue weighted by molar-refractivity contribution is 8.27. The number of hydrogen-bond donors (Lipinski definition) is 1. The van der Waals surface area contributed by atoms with Crippen molar-refractivity contribution in [3.63, 3.8) is 0 Å². The van der Waals surface area contributed by atoms with Gasteiger partial charge in [-0.2, -0.15) is 0 Å². The van der Waals surface area contributed by atoms with E-state index in [1.807, 2.05) is 0 Å². The molecule has 1 aliphatic rings.